The predicted molar refractivity (Wildman–Crippen MR) is 250 cm³/mol. The summed E-state index contributed by atoms with van der Waals surface area (Å²) in [5, 5.41) is 0. The van der Waals surface area contributed by atoms with Crippen molar-refractivity contribution in [3.05, 3.63) is 280 Å². The molecule has 9 aromatic carbocycles. The van der Waals surface area contributed by atoms with E-state index in [0.29, 0.717) is 0 Å². The lowest BCUT2D eigenvalue weighted by molar-refractivity contribution is 0.767. The van der Waals surface area contributed by atoms with Crippen molar-refractivity contribution in [1.82, 2.24) is 0 Å². The molecule has 11 rings (SSSR count). The topological polar surface area (TPSA) is 3.24 Å². The predicted octanol–water partition coefficient (Wildman–Crippen LogP) is 14.8. The van der Waals surface area contributed by atoms with E-state index in [-0.39, 0.29) is 0 Å². The smallest absolute Gasteiger partial charge is 0.0713 e. The van der Waals surface area contributed by atoms with Crippen LogP contribution >= 0.6 is 0 Å². The Morgan fingerprint density at radius 2 is 0.467 bits per heavy atom. The van der Waals surface area contributed by atoms with Crippen molar-refractivity contribution in [1.29, 1.82) is 0 Å². The summed E-state index contributed by atoms with van der Waals surface area (Å²) in [6.07, 6.45) is 0. The van der Waals surface area contributed by atoms with Crippen molar-refractivity contribution in [2.75, 3.05) is 4.90 Å². The highest BCUT2D eigenvalue weighted by molar-refractivity contribution is 5.88. The molecule has 60 heavy (non-hydrogen) atoms. The van der Waals surface area contributed by atoms with Gasteiger partial charge < -0.3 is 4.90 Å². The second kappa shape index (κ2) is 14.0. The van der Waals surface area contributed by atoms with Gasteiger partial charge in [0.1, 0.15) is 0 Å². The van der Waals surface area contributed by atoms with E-state index in [1.54, 1.807) is 0 Å². The fraction of sp³-hybridized carbons (Fsp3) is 0.0847. The monoisotopic (exact) mass is 767 g/mol. The van der Waals surface area contributed by atoms with Crippen LogP contribution in [0.5, 0.6) is 0 Å². The van der Waals surface area contributed by atoms with Crippen molar-refractivity contribution in [3.8, 4) is 22.3 Å². The second-order valence-corrected chi connectivity index (χ2v) is 16.7. The quantitative estimate of drug-likeness (QED) is 0.156. The number of hydrogen-bond donors (Lipinski definition) is 0. The van der Waals surface area contributed by atoms with E-state index in [1.807, 2.05) is 0 Å². The van der Waals surface area contributed by atoms with Gasteiger partial charge in [-0.3, -0.25) is 0 Å². The molecule has 0 aromatic heterocycles. The van der Waals surface area contributed by atoms with Crippen molar-refractivity contribution in [2.24, 2.45) is 0 Å². The zero-order valence-electron chi connectivity index (χ0n) is 34.2. The van der Waals surface area contributed by atoms with E-state index in [0.717, 1.165) is 17.1 Å². The van der Waals surface area contributed by atoms with E-state index in [2.05, 4.69) is 244 Å². The van der Waals surface area contributed by atoms with Gasteiger partial charge in [-0.2, -0.15) is 0 Å². The Bertz CT molecular complexity index is 2750. The average Bonchev–Trinajstić information content (AvgIpc) is 3.77. The van der Waals surface area contributed by atoms with Crippen LogP contribution in [0.2, 0.25) is 0 Å². The summed E-state index contributed by atoms with van der Waals surface area (Å²) in [7, 11) is 0. The van der Waals surface area contributed by atoms with E-state index in [4.69, 9.17) is 0 Å². The average molecular weight is 768 g/mol. The van der Waals surface area contributed by atoms with Crippen LogP contribution < -0.4 is 4.90 Å². The maximum Gasteiger partial charge on any atom is 0.0713 e. The highest BCUT2D eigenvalue weighted by Crippen LogP contribution is 2.58. The number of benzene rings is 9. The molecule has 2 aliphatic rings. The summed E-state index contributed by atoms with van der Waals surface area (Å²) in [5.41, 5.74) is 21.8. The number of fused-ring (bicyclic) bond motifs is 6. The van der Waals surface area contributed by atoms with E-state index < -0.39 is 10.8 Å². The Labute approximate surface area is 353 Å². The van der Waals surface area contributed by atoms with Crippen LogP contribution in [0, 0.1) is 20.8 Å². The van der Waals surface area contributed by atoms with Crippen molar-refractivity contribution < 1.29 is 0 Å². The van der Waals surface area contributed by atoms with Crippen LogP contribution in [0.25, 0.3) is 22.3 Å². The minimum atomic E-state index is -0.450. The lowest BCUT2D eigenvalue weighted by atomic mass is 9.67. The highest BCUT2D eigenvalue weighted by atomic mass is 15.1. The Balaban J connectivity index is 1.07. The van der Waals surface area contributed by atoms with Gasteiger partial charge in [-0.25, -0.2) is 0 Å². The van der Waals surface area contributed by atoms with Crippen LogP contribution in [0.1, 0.15) is 61.2 Å². The molecule has 0 atom stereocenters. The first kappa shape index (κ1) is 35.9. The SMILES string of the molecule is Cc1ccc(N(c2ccc(C3(c4ccc(C)cc4)c4ccccc4-c4ccccc43)cc2)c2ccc(C3(c4ccc(C)cc4)c4ccccc4-c4ccccc43)cc2)cc1. The number of hydrogen-bond acceptors (Lipinski definition) is 1. The molecule has 0 heterocycles. The summed E-state index contributed by atoms with van der Waals surface area (Å²) in [5.74, 6) is 0. The fourth-order valence-corrected chi connectivity index (χ4v) is 10.5. The minimum absolute atomic E-state index is 0.450. The lowest BCUT2D eigenvalue weighted by Crippen LogP contribution is -2.28. The van der Waals surface area contributed by atoms with Crippen LogP contribution in [-0.4, -0.2) is 0 Å². The van der Waals surface area contributed by atoms with Gasteiger partial charge in [0, 0.05) is 17.1 Å². The van der Waals surface area contributed by atoms with Gasteiger partial charge in [0.2, 0.25) is 0 Å². The first-order chi connectivity index (χ1) is 29.5. The van der Waals surface area contributed by atoms with Crippen LogP contribution in [-0.2, 0) is 10.8 Å². The molecule has 0 spiro atoms. The molecule has 0 aliphatic heterocycles. The molecule has 9 aromatic rings. The maximum atomic E-state index is 2.40. The number of aryl methyl sites for hydroxylation is 3. The summed E-state index contributed by atoms with van der Waals surface area (Å²) in [4.78, 5) is 2.40. The Hall–Kier alpha value is -7.22. The molecule has 0 radical (unpaired) electrons. The van der Waals surface area contributed by atoms with Gasteiger partial charge in [0.25, 0.3) is 0 Å². The Morgan fingerprint density at radius 3 is 0.750 bits per heavy atom. The molecule has 2 aliphatic carbocycles. The second-order valence-electron chi connectivity index (χ2n) is 16.7. The summed E-state index contributed by atoms with van der Waals surface area (Å²) >= 11 is 0. The molecule has 0 amide bonds. The third kappa shape index (κ3) is 5.25. The molecule has 0 N–H and O–H groups in total. The van der Waals surface area contributed by atoms with Gasteiger partial charge in [-0.15, -0.1) is 0 Å². The zero-order chi connectivity index (χ0) is 40.4. The van der Waals surface area contributed by atoms with Crippen molar-refractivity contribution in [3.63, 3.8) is 0 Å². The summed E-state index contributed by atoms with van der Waals surface area (Å²) < 4.78 is 0. The van der Waals surface area contributed by atoms with Crippen LogP contribution in [0.3, 0.4) is 0 Å². The first-order valence-corrected chi connectivity index (χ1v) is 21.1. The van der Waals surface area contributed by atoms with Gasteiger partial charge >= 0.3 is 0 Å². The molecular formula is C59H45N. The van der Waals surface area contributed by atoms with Crippen molar-refractivity contribution in [2.45, 2.75) is 31.6 Å². The molecule has 1 heteroatoms. The van der Waals surface area contributed by atoms with Gasteiger partial charge in [0.15, 0.2) is 0 Å². The van der Waals surface area contributed by atoms with Crippen molar-refractivity contribution >= 4 is 17.1 Å². The van der Waals surface area contributed by atoms with Gasteiger partial charge in [0.05, 0.1) is 10.8 Å². The molecule has 0 saturated carbocycles. The number of anilines is 3. The third-order valence-corrected chi connectivity index (χ3v) is 13.3. The van der Waals surface area contributed by atoms with Gasteiger partial charge in [-0.05, 0) is 124 Å². The summed E-state index contributed by atoms with van der Waals surface area (Å²) in [6, 6.07) is 81.8. The van der Waals surface area contributed by atoms with E-state index in [9.17, 15) is 0 Å². The maximum absolute atomic E-state index is 2.40. The number of rotatable bonds is 7. The molecule has 286 valence electrons. The standard InChI is InChI=1S/C59H45N/c1-40-20-26-43(27-21-40)58(54-16-8-4-12-50(54)51-13-5-9-17-55(51)58)45-30-36-48(37-31-45)60(47-34-24-42(3)25-35-47)49-38-32-46(33-39-49)59(44-28-22-41(2)23-29-44)56-18-10-6-14-52(56)53-15-7-11-19-57(53)59/h4-39H,1-3H3. The molecular weight excluding hydrogens is 723 g/mol. The molecule has 0 unspecified atom stereocenters. The Morgan fingerprint density at radius 1 is 0.250 bits per heavy atom. The zero-order valence-corrected chi connectivity index (χ0v) is 34.2. The normalized spacial score (nSPS) is 13.8. The fourth-order valence-electron chi connectivity index (χ4n) is 10.5. The molecule has 0 fully saturated rings. The summed E-state index contributed by atoms with van der Waals surface area (Å²) in [6.45, 7) is 6.49. The van der Waals surface area contributed by atoms with E-state index in [1.165, 1.54) is 83.5 Å². The van der Waals surface area contributed by atoms with Crippen LogP contribution in [0.15, 0.2) is 218 Å². The largest absolute Gasteiger partial charge is 0.311 e. The highest BCUT2D eigenvalue weighted by Gasteiger charge is 2.47. The minimum Gasteiger partial charge on any atom is -0.311 e. The molecule has 0 saturated heterocycles. The van der Waals surface area contributed by atoms with Crippen LogP contribution in [0.4, 0.5) is 17.1 Å². The molecule has 0 bridgehead atoms. The molecule has 1 nitrogen and oxygen atoms in total. The Kier molecular flexibility index (Phi) is 8.36. The van der Waals surface area contributed by atoms with Gasteiger partial charge in [-0.1, -0.05) is 199 Å². The first-order valence-electron chi connectivity index (χ1n) is 21.1. The van der Waals surface area contributed by atoms with E-state index >= 15 is 0 Å². The lowest BCUT2D eigenvalue weighted by Gasteiger charge is -2.35. The third-order valence-electron chi connectivity index (χ3n) is 13.3. The number of nitrogens with zero attached hydrogens (tertiary/aromatic N) is 1.